The first kappa shape index (κ1) is 17.7. The van der Waals surface area contributed by atoms with Crippen molar-refractivity contribution < 1.29 is 23.7 Å². The van der Waals surface area contributed by atoms with Gasteiger partial charge < -0.3 is 18.9 Å². The SMILES string of the molecule is COC(COCN=O)C(COCN=O)OCC(C)=O. The van der Waals surface area contributed by atoms with Gasteiger partial charge in [0.1, 0.15) is 18.8 Å². The third-order valence-corrected chi connectivity index (χ3v) is 2.07. The highest BCUT2D eigenvalue weighted by atomic mass is 16.6. The molecule has 2 unspecified atom stereocenters. The van der Waals surface area contributed by atoms with Crippen LogP contribution in [0.5, 0.6) is 0 Å². The van der Waals surface area contributed by atoms with Gasteiger partial charge in [-0.3, -0.25) is 4.79 Å². The lowest BCUT2D eigenvalue weighted by Gasteiger charge is -2.25. The van der Waals surface area contributed by atoms with Gasteiger partial charge in [-0.1, -0.05) is 0 Å². The van der Waals surface area contributed by atoms with E-state index in [0.717, 1.165) is 0 Å². The van der Waals surface area contributed by atoms with Crippen LogP contribution in [0.3, 0.4) is 0 Å². The number of nitroso groups, excluding NO2 is 2. The second-order valence-electron chi connectivity index (χ2n) is 3.58. The van der Waals surface area contributed by atoms with Crippen LogP contribution >= 0.6 is 0 Å². The summed E-state index contributed by atoms with van der Waals surface area (Å²) in [4.78, 5) is 30.7. The zero-order chi connectivity index (χ0) is 14.5. The molecule has 0 N–H and O–H groups in total. The Hall–Kier alpha value is -1.29. The molecule has 0 bridgehead atoms. The zero-order valence-corrected chi connectivity index (χ0v) is 10.9. The van der Waals surface area contributed by atoms with Crippen LogP contribution < -0.4 is 0 Å². The zero-order valence-electron chi connectivity index (χ0n) is 10.9. The van der Waals surface area contributed by atoms with Gasteiger partial charge in [-0.25, -0.2) is 0 Å². The van der Waals surface area contributed by atoms with Crippen molar-refractivity contribution >= 4 is 5.78 Å². The molecule has 19 heavy (non-hydrogen) atoms. The summed E-state index contributed by atoms with van der Waals surface area (Å²) in [6, 6.07) is 0. The molecule has 9 heteroatoms. The number of Topliss-reactive ketones (excluding diaryl/α,β-unsaturated/α-hetero) is 1. The van der Waals surface area contributed by atoms with Crippen molar-refractivity contribution in [1.82, 2.24) is 0 Å². The number of carbonyl (C=O) groups is 1. The fourth-order valence-electron chi connectivity index (χ4n) is 1.23. The topological polar surface area (TPSA) is 113 Å². The molecule has 0 aromatic rings. The number of carbonyl (C=O) groups excluding carboxylic acids is 1. The predicted octanol–water partition coefficient (Wildman–Crippen LogP) is 0.457. The van der Waals surface area contributed by atoms with E-state index in [0.29, 0.717) is 0 Å². The Morgan fingerprint density at radius 3 is 2.00 bits per heavy atom. The molecule has 0 rings (SSSR count). The van der Waals surface area contributed by atoms with Crippen LogP contribution in [0.15, 0.2) is 10.4 Å². The maximum atomic E-state index is 10.9. The fraction of sp³-hybridized carbons (Fsp3) is 0.900. The minimum Gasteiger partial charge on any atom is -0.376 e. The Balaban J connectivity index is 4.31. The van der Waals surface area contributed by atoms with Crippen molar-refractivity contribution in [1.29, 1.82) is 0 Å². The first-order valence-electron chi connectivity index (χ1n) is 5.53. The van der Waals surface area contributed by atoms with E-state index in [9.17, 15) is 14.6 Å². The van der Waals surface area contributed by atoms with Crippen molar-refractivity contribution in [2.24, 2.45) is 10.4 Å². The lowest BCUT2D eigenvalue weighted by atomic mass is 10.2. The van der Waals surface area contributed by atoms with Crippen molar-refractivity contribution in [3.63, 3.8) is 0 Å². The summed E-state index contributed by atoms with van der Waals surface area (Å²) in [5, 5.41) is 5.08. The number of nitrogens with zero attached hydrogens (tertiary/aromatic N) is 2. The summed E-state index contributed by atoms with van der Waals surface area (Å²) >= 11 is 0. The minimum absolute atomic E-state index is 0.00933. The number of hydrogen-bond donors (Lipinski definition) is 0. The Labute approximate surface area is 110 Å². The summed E-state index contributed by atoms with van der Waals surface area (Å²) < 4.78 is 20.3. The number of hydrogen-bond acceptors (Lipinski definition) is 9. The summed E-state index contributed by atoms with van der Waals surface area (Å²) in [5.74, 6) is -0.163. The van der Waals surface area contributed by atoms with E-state index in [2.05, 4.69) is 10.4 Å². The van der Waals surface area contributed by atoms with Crippen LogP contribution in [-0.4, -0.2) is 58.4 Å². The first-order valence-corrected chi connectivity index (χ1v) is 5.53. The van der Waals surface area contributed by atoms with Crippen molar-refractivity contribution in [3.8, 4) is 0 Å². The van der Waals surface area contributed by atoms with Gasteiger partial charge in [0.25, 0.3) is 0 Å². The third kappa shape index (κ3) is 9.31. The molecule has 0 fully saturated rings. The molecule has 0 aliphatic heterocycles. The maximum absolute atomic E-state index is 10.9. The van der Waals surface area contributed by atoms with Gasteiger partial charge in [-0.2, -0.15) is 0 Å². The van der Waals surface area contributed by atoms with Gasteiger partial charge in [-0.15, -0.1) is 9.81 Å². The largest absolute Gasteiger partial charge is 0.376 e. The van der Waals surface area contributed by atoms with E-state index in [4.69, 9.17) is 18.9 Å². The summed E-state index contributed by atoms with van der Waals surface area (Å²) in [6.45, 7) is 0.676. The van der Waals surface area contributed by atoms with E-state index in [1.807, 2.05) is 0 Å². The molecule has 0 aromatic heterocycles. The minimum atomic E-state index is -0.623. The molecule has 110 valence electrons. The van der Waals surface area contributed by atoms with Crippen molar-refractivity contribution in [2.45, 2.75) is 19.1 Å². The van der Waals surface area contributed by atoms with Crippen LogP contribution in [0, 0.1) is 9.81 Å². The molecule has 0 aliphatic carbocycles. The fourth-order valence-corrected chi connectivity index (χ4v) is 1.23. The predicted molar refractivity (Wildman–Crippen MR) is 64.4 cm³/mol. The second kappa shape index (κ2) is 11.8. The number of ketones is 1. The Kier molecular flexibility index (Phi) is 11.0. The lowest BCUT2D eigenvalue weighted by molar-refractivity contribution is -0.137. The average Bonchev–Trinajstić information content (AvgIpc) is 2.39. The first-order chi connectivity index (χ1) is 9.15. The van der Waals surface area contributed by atoms with Gasteiger partial charge >= 0.3 is 0 Å². The van der Waals surface area contributed by atoms with Gasteiger partial charge in [0.2, 0.25) is 0 Å². The molecule has 0 radical (unpaired) electrons. The van der Waals surface area contributed by atoms with Crippen molar-refractivity contribution in [2.75, 3.05) is 40.4 Å². The standard InChI is InChI=1S/C10H18N2O7/c1-8(13)3-19-10(5-18-7-12-15)9(16-2)4-17-6-11-14/h9-10H,3-7H2,1-2H3. The Morgan fingerprint density at radius 2 is 1.58 bits per heavy atom. The maximum Gasteiger partial charge on any atom is 0.179 e. The molecule has 0 amide bonds. The monoisotopic (exact) mass is 278 g/mol. The summed E-state index contributed by atoms with van der Waals surface area (Å²) in [5.41, 5.74) is 0. The van der Waals surface area contributed by atoms with Gasteiger partial charge in [0, 0.05) is 7.11 Å². The molecule has 0 saturated carbocycles. The molecular weight excluding hydrogens is 260 g/mol. The normalized spacial score (nSPS) is 13.8. The van der Waals surface area contributed by atoms with Gasteiger partial charge in [-0.05, 0) is 17.3 Å². The van der Waals surface area contributed by atoms with Gasteiger partial charge in [0.15, 0.2) is 19.2 Å². The lowest BCUT2D eigenvalue weighted by Crippen LogP contribution is -2.39. The molecule has 0 aliphatic rings. The van der Waals surface area contributed by atoms with Crippen LogP contribution in [-0.2, 0) is 23.7 Å². The van der Waals surface area contributed by atoms with E-state index >= 15 is 0 Å². The summed E-state index contributed by atoms with van der Waals surface area (Å²) in [6.07, 6.45) is -1.19. The highest BCUT2D eigenvalue weighted by molar-refractivity contribution is 5.76. The van der Waals surface area contributed by atoms with E-state index in [-0.39, 0.29) is 39.1 Å². The second-order valence-corrected chi connectivity index (χ2v) is 3.58. The van der Waals surface area contributed by atoms with E-state index in [1.165, 1.54) is 14.0 Å². The smallest absolute Gasteiger partial charge is 0.179 e. The number of rotatable bonds is 13. The average molecular weight is 278 g/mol. The van der Waals surface area contributed by atoms with Gasteiger partial charge in [0.05, 0.1) is 13.2 Å². The van der Waals surface area contributed by atoms with Crippen LogP contribution in [0.1, 0.15) is 6.92 Å². The Morgan fingerprint density at radius 1 is 1.05 bits per heavy atom. The number of methoxy groups -OCH3 is 1. The molecule has 0 aromatic carbocycles. The summed E-state index contributed by atoms with van der Waals surface area (Å²) in [7, 11) is 1.42. The quantitative estimate of drug-likeness (QED) is 0.355. The van der Waals surface area contributed by atoms with E-state index < -0.39 is 12.2 Å². The highest BCUT2D eigenvalue weighted by Crippen LogP contribution is 2.06. The number of ether oxygens (including phenoxy) is 4. The molecule has 0 saturated heterocycles. The molecule has 2 atom stereocenters. The van der Waals surface area contributed by atoms with Crippen molar-refractivity contribution in [3.05, 3.63) is 9.81 Å². The molecular formula is C10H18N2O7. The highest BCUT2D eigenvalue weighted by Gasteiger charge is 2.23. The van der Waals surface area contributed by atoms with Crippen LogP contribution in [0.4, 0.5) is 0 Å². The molecule has 0 heterocycles. The molecule has 0 spiro atoms. The van der Waals surface area contributed by atoms with Crippen LogP contribution in [0.25, 0.3) is 0 Å². The molecule has 9 nitrogen and oxygen atoms in total. The third-order valence-electron chi connectivity index (χ3n) is 2.07. The van der Waals surface area contributed by atoms with E-state index in [1.54, 1.807) is 0 Å². The Bertz CT molecular complexity index is 275. The van der Waals surface area contributed by atoms with Crippen LogP contribution in [0.2, 0.25) is 0 Å².